The van der Waals surface area contributed by atoms with Gasteiger partial charge in [-0.2, -0.15) is 0 Å². The van der Waals surface area contributed by atoms with Crippen LogP contribution in [0.4, 0.5) is 0 Å². The quantitative estimate of drug-likeness (QED) is 0.530. The smallest absolute Gasteiger partial charge is 0.0220 e. The molecule has 0 saturated carbocycles. The number of hydrogen-bond acceptors (Lipinski definition) is 1. The van der Waals surface area contributed by atoms with Crippen LogP contribution in [0.1, 0.15) is 19.8 Å². The predicted octanol–water partition coefficient (Wildman–Crippen LogP) is 1.30. The summed E-state index contributed by atoms with van der Waals surface area (Å²) in [5, 5.41) is 0. The van der Waals surface area contributed by atoms with Gasteiger partial charge in [0.05, 0.1) is 0 Å². The minimum atomic E-state index is 0.213. The molecule has 0 aromatic heterocycles. The molecule has 0 aliphatic rings. The highest BCUT2D eigenvalue weighted by Gasteiger charge is 1.89. The van der Waals surface area contributed by atoms with Gasteiger partial charge in [-0.3, -0.25) is 0 Å². The Morgan fingerprint density at radius 3 is 2.57 bits per heavy atom. The van der Waals surface area contributed by atoms with E-state index >= 15 is 0 Å². The van der Waals surface area contributed by atoms with Crippen molar-refractivity contribution in [3.8, 4) is 0 Å². The zero-order valence-electron chi connectivity index (χ0n) is 4.85. The Balaban J connectivity index is 2.98. The second kappa shape index (κ2) is 3.88. The molecule has 0 aliphatic carbocycles. The van der Waals surface area contributed by atoms with Gasteiger partial charge in [0.15, 0.2) is 0 Å². The summed E-state index contributed by atoms with van der Waals surface area (Å²) in [5.41, 5.74) is 5.47. The van der Waals surface area contributed by atoms with Crippen molar-refractivity contribution in [3.63, 3.8) is 0 Å². The molecule has 42 valence electrons. The second-order valence-corrected chi connectivity index (χ2v) is 1.69. The average Bonchev–Trinajstić information content (AvgIpc) is 1.68. The highest BCUT2D eigenvalue weighted by Crippen LogP contribution is 1.91. The van der Waals surface area contributed by atoms with Crippen molar-refractivity contribution < 1.29 is 0 Å². The standard InChI is InChI=1S/C6H13N/c1-3-5-6(7)4-2/h4,6H,2-3,5,7H2,1H3. The Labute approximate surface area is 45.2 Å². The molecule has 0 fully saturated rings. The fourth-order valence-electron chi connectivity index (χ4n) is 0.451. The summed E-state index contributed by atoms with van der Waals surface area (Å²) < 4.78 is 0. The zero-order valence-corrected chi connectivity index (χ0v) is 4.85. The van der Waals surface area contributed by atoms with Crippen LogP contribution in [0.15, 0.2) is 12.7 Å². The molecule has 0 spiro atoms. The van der Waals surface area contributed by atoms with E-state index in [0.717, 1.165) is 12.8 Å². The molecular formula is C6H13N. The first kappa shape index (κ1) is 6.70. The summed E-state index contributed by atoms with van der Waals surface area (Å²) in [5.74, 6) is 0. The van der Waals surface area contributed by atoms with Crippen molar-refractivity contribution in [3.05, 3.63) is 12.7 Å². The molecule has 0 heterocycles. The molecule has 0 aromatic carbocycles. The Hall–Kier alpha value is -0.300. The topological polar surface area (TPSA) is 26.0 Å². The van der Waals surface area contributed by atoms with Crippen LogP contribution in [-0.2, 0) is 0 Å². The molecule has 0 bridgehead atoms. The van der Waals surface area contributed by atoms with Crippen LogP contribution in [0.5, 0.6) is 0 Å². The van der Waals surface area contributed by atoms with E-state index in [2.05, 4.69) is 13.5 Å². The molecular weight excluding hydrogens is 86.1 g/mol. The van der Waals surface area contributed by atoms with Crippen LogP contribution in [-0.4, -0.2) is 6.04 Å². The lowest BCUT2D eigenvalue weighted by molar-refractivity contribution is 0.705. The van der Waals surface area contributed by atoms with E-state index in [1.165, 1.54) is 0 Å². The zero-order chi connectivity index (χ0) is 5.70. The largest absolute Gasteiger partial charge is 0.324 e. The van der Waals surface area contributed by atoms with Crippen LogP contribution >= 0.6 is 0 Å². The van der Waals surface area contributed by atoms with E-state index < -0.39 is 0 Å². The van der Waals surface area contributed by atoms with Gasteiger partial charge in [0, 0.05) is 6.04 Å². The van der Waals surface area contributed by atoms with Crippen molar-refractivity contribution in [2.45, 2.75) is 25.8 Å². The lowest BCUT2D eigenvalue weighted by Gasteiger charge is -1.99. The molecule has 0 aromatic rings. The Bertz CT molecular complexity index is 50.1. The third kappa shape index (κ3) is 3.53. The number of rotatable bonds is 3. The molecule has 1 nitrogen and oxygen atoms in total. The predicted molar refractivity (Wildman–Crippen MR) is 33.1 cm³/mol. The van der Waals surface area contributed by atoms with Gasteiger partial charge >= 0.3 is 0 Å². The number of nitrogens with two attached hydrogens (primary N) is 1. The van der Waals surface area contributed by atoms with Crippen LogP contribution in [0.2, 0.25) is 0 Å². The van der Waals surface area contributed by atoms with Crippen molar-refractivity contribution in [1.29, 1.82) is 0 Å². The van der Waals surface area contributed by atoms with Gasteiger partial charge < -0.3 is 5.73 Å². The maximum absolute atomic E-state index is 5.47. The van der Waals surface area contributed by atoms with E-state index in [4.69, 9.17) is 5.73 Å². The van der Waals surface area contributed by atoms with Crippen LogP contribution < -0.4 is 5.73 Å². The minimum absolute atomic E-state index is 0.213. The summed E-state index contributed by atoms with van der Waals surface area (Å²) in [6.07, 6.45) is 3.99. The summed E-state index contributed by atoms with van der Waals surface area (Å²) in [6, 6.07) is 0.213. The maximum Gasteiger partial charge on any atom is 0.0220 e. The monoisotopic (exact) mass is 99.1 g/mol. The first-order chi connectivity index (χ1) is 3.31. The molecule has 0 saturated heterocycles. The molecule has 0 aliphatic heterocycles. The van der Waals surface area contributed by atoms with Crippen molar-refractivity contribution in [2.75, 3.05) is 0 Å². The molecule has 0 radical (unpaired) electrons. The van der Waals surface area contributed by atoms with Gasteiger partial charge in [0.1, 0.15) is 0 Å². The van der Waals surface area contributed by atoms with E-state index in [-0.39, 0.29) is 6.04 Å². The lowest BCUT2D eigenvalue weighted by Crippen LogP contribution is -2.14. The summed E-state index contributed by atoms with van der Waals surface area (Å²) in [4.78, 5) is 0. The maximum atomic E-state index is 5.47. The van der Waals surface area contributed by atoms with Crippen molar-refractivity contribution in [2.24, 2.45) is 5.73 Å². The van der Waals surface area contributed by atoms with Gasteiger partial charge in [-0.15, -0.1) is 6.58 Å². The third-order valence-electron chi connectivity index (χ3n) is 0.925. The van der Waals surface area contributed by atoms with Crippen molar-refractivity contribution in [1.82, 2.24) is 0 Å². The van der Waals surface area contributed by atoms with Gasteiger partial charge in [0.25, 0.3) is 0 Å². The molecule has 0 rings (SSSR count). The van der Waals surface area contributed by atoms with Gasteiger partial charge in [0.2, 0.25) is 0 Å². The van der Waals surface area contributed by atoms with Crippen LogP contribution in [0, 0.1) is 0 Å². The summed E-state index contributed by atoms with van der Waals surface area (Å²) >= 11 is 0. The molecule has 7 heavy (non-hydrogen) atoms. The molecule has 2 N–H and O–H groups in total. The van der Waals surface area contributed by atoms with E-state index in [0.29, 0.717) is 0 Å². The van der Waals surface area contributed by atoms with E-state index in [1.807, 2.05) is 0 Å². The van der Waals surface area contributed by atoms with Crippen molar-refractivity contribution >= 4 is 0 Å². The highest BCUT2D eigenvalue weighted by molar-refractivity contribution is 4.80. The first-order valence-electron chi connectivity index (χ1n) is 2.69. The average molecular weight is 99.2 g/mol. The second-order valence-electron chi connectivity index (χ2n) is 1.69. The number of hydrogen-bond donors (Lipinski definition) is 1. The molecule has 1 unspecified atom stereocenters. The van der Waals surface area contributed by atoms with E-state index in [9.17, 15) is 0 Å². The van der Waals surface area contributed by atoms with Crippen LogP contribution in [0.25, 0.3) is 0 Å². The Kier molecular flexibility index (Phi) is 3.71. The highest BCUT2D eigenvalue weighted by atomic mass is 14.6. The van der Waals surface area contributed by atoms with E-state index in [1.54, 1.807) is 6.08 Å². The first-order valence-corrected chi connectivity index (χ1v) is 2.69. The van der Waals surface area contributed by atoms with Gasteiger partial charge in [-0.05, 0) is 6.42 Å². The lowest BCUT2D eigenvalue weighted by atomic mass is 10.2. The molecule has 0 amide bonds. The van der Waals surface area contributed by atoms with Gasteiger partial charge in [-0.25, -0.2) is 0 Å². The molecule has 1 atom stereocenters. The normalized spacial score (nSPS) is 13.4. The van der Waals surface area contributed by atoms with Crippen LogP contribution in [0.3, 0.4) is 0 Å². The Morgan fingerprint density at radius 2 is 2.43 bits per heavy atom. The SMILES string of the molecule is C=CC(N)CCC. The fourth-order valence-corrected chi connectivity index (χ4v) is 0.451. The summed E-state index contributed by atoms with van der Waals surface area (Å²) in [7, 11) is 0. The van der Waals surface area contributed by atoms with Gasteiger partial charge in [-0.1, -0.05) is 19.4 Å². The fraction of sp³-hybridized carbons (Fsp3) is 0.667. The molecule has 1 heteroatoms. The third-order valence-corrected chi connectivity index (χ3v) is 0.925. The minimum Gasteiger partial charge on any atom is -0.324 e. The summed E-state index contributed by atoms with van der Waals surface area (Å²) in [6.45, 7) is 5.67. The Morgan fingerprint density at radius 1 is 1.86 bits per heavy atom.